The Morgan fingerprint density at radius 1 is 1.33 bits per heavy atom. The molecule has 3 heteroatoms. The lowest BCUT2D eigenvalue weighted by atomic mass is 10.2. The predicted octanol–water partition coefficient (Wildman–Crippen LogP) is 4.37. The number of unbranched alkanes of at least 4 members (excludes halogenated alkanes) is 1. The van der Waals surface area contributed by atoms with Gasteiger partial charge >= 0.3 is 0 Å². The topological polar surface area (TPSA) is 21.3 Å². The molecule has 0 radical (unpaired) electrons. The first-order valence-electron chi connectivity index (χ1n) is 6.75. The zero-order chi connectivity index (χ0) is 13.4. The molecule has 1 rings (SSSR count). The Morgan fingerprint density at radius 3 is 2.72 bits per heavy atom. The van der Waals surface area contributed by atoms with Crippen LogP contribution in [0.25, 0.3) is 0 Å². The Morgan fingerprint density at radius 2 is 2.11 bits per heavy atom. The minimum absolute atomic E-state index is 0.685. The normalized spacial score (nSPS) is 10.9. The van der Waals surface area contributed by atoms with Gasteiger partial charge in [0.2, 0.25) is 0 Å². The zero-order valence-corrected chi connectivity index (χ0v) is 13.2. The molecule has 0 aliphatic rings. The van der Waals surface area contributed by atoms with Gasteiger partial charge in [0.25, 0.3) is 0 Å². The summed E-state index contributed by atoms with van der Waals surface area (Å²) in [6.07, 6.45) is 2.26. The smallest absolute Gasteiger partial charge is 0.133 e. The van der Waals surface area contributed by atoms with Gasteiger partial charge in [0.05, 0.1) is 11.1 Å². The van der Waals surface area contributed by atoms with Crippen LogP contribution in [0.5, 0.6) is 5.75 Å². The van der Waals surface area contributed by atoms with E-state index in [0.29, 0.717) is 5.92 Å². The number of nitrogens with one attached hydrogen (secondary N) is 1. The van der Waals surface area contributed by atoms with Crippen LogP contribution >= 0.6 is 15.9 Å². The van der Waals surface area contributed by atoms with Gasteiger partial charge in [-0.05, 0) is 52.5 Å². The average Bonchev–Trinajstić information content (AvgIpc) is 2.31. The molecular formula is C15H24BrNO. The molecule has 1 N–H and O–H groups in total. The summed E-state index contributed by atoms with van der Waals surface area (Å²) in [6, 6.07) is 6.31. The largest absolute Gasteiger partial charge is 0.492 e. The molecule has 102 valence electrons. The Bertz CT molecular complexity index is 352. The Kier molecular flexibility index (Phi) is 7.36. The Hall–Kier alpha value is -0.540. The highest BCUT2D eigenvalue weighted by Gasteiger charge is 2.03. The summed E-state index contributed by atoms with van der Waals surface area (Å²) in [6.45, 7) is 9.35. The van der Waals surface area contributed by atoms with Gasteiger partial charge in [0, 0.05) is 6.54 Å². The van der Waals surface area contributed by atoms with Crippen LogP contribution in [0.3, 0.4) is 0 Å². The van der Waals surface area contributed by atoms with Gasteiger partial charge in [-0.15, -0.1) is 0 Å². The molecule has 18 heavy (non-hydrogen) atoms. The van der Waals surface area contributed by atoms with E-state index in [1.165, 1.54) is 5.56 Å². The van der Waals surface area contributed by atoms with Crippen LogP contribution in [0.15, 0.2) is 22.7 Å². The summed E-state index contributed by atoms with van der Waals surface area (Å²) in [7, 11) is 0. The lowest BCUT2D eigenvalue weighted by molar-refractivity contribution is 0.307. The van der Waals surface area contributed by atoms with E-state index in [1.807, 2.05) is 6.07 Å². The fraction of sp³-hybridized carbons (Fsp3) is 0.600. The van der Waals surface area contributed by atoms with Crippen molar-refractivity contribution in [3.8, 4) is 5.75 Å². The monoisotopic (exact) mass is 313 g/mol. The van der Waals surface area contributed by atoms with Crippen LogP contribution in [-0.2, 0) is 6.54 Å². The van der Waals surface area contributed by atoms with E-state index in [0.717, 1.165) is 42.8 Å². The van der Waals surface area contributed by atoms with Crippen LogP contribution in [-0.4, -0.2) is 13.2 Å². The molecule has 0 saturated heterocycles. The van der Waals surface area contributed by atoms with Gasteiger partial charge in [0.1, 0.15) is 5.75 Å². The van der Waals surface area contributed by atoms with E-state index in [4.69, 9.17) is 4.74 Å². The second-order valence-electron chi connectivity index (χ2n) is 4.99. The van der Waals surface area contributed by atoms with Crippen molar-refractivity contribution >= 4 is 15.9 Å². The molecule has 0 atom stereocenters. The molecule has 0 aliphatic heterocycles. The maximum absolute atomic E-state index is 5.71. The van der Waals surface area contributed by atoms with E-state index in [9.17, 15) is 0 Å². The lowest BCUT2D eigenvalue weighted by Gasteiger charge is -2.11. The summed E-state index contributed by atoms with van der Waals surface area (Å²) in [5, 5.41) is 3.44. The SMILES string of the molecule is CCCCOc1ccc(CNCC(C)C)cc1Br. The van der Waals surface area contributed by atoms with E-state index in [2.05, 4.69) is 54.2 Å². The van der Waals surface area contributed by atoms with Crippen LogP contribution in [0.1, 0.15) is 39.2 Å². The van der Waals surface area contributed by atoms with Crippen molar-refractivity contribution in [1.29, 1.82) is 0 Å². The molecule has 0 amide bonds. The van der Waals surface area contributed by atoms with Crippen molar-refractivity contribution < 1.29 is 4.74 Å². The van der Waals surface area contributed by atoms with Crippen molar-refractivity contribution in [2.24, 2.45) is 5.92 Å². The van der Waals surface area contributed by atoms with Gasteiger partial charge in [-0.3, -0.25) is 0 Å². The first-order valence-corrected chi connectivity index (χ1v) is 7.54. The summed E-state index contributed by atoms with van der Waals surface area (Å²) in [4.78, 5) is 0. The van der Waals surface area contributed by atoms with Crippen LogP contribution in [0.2, 0.25) is 0 Å². The highest BCUT2D eigenvalue weighted by atomic mass is 79.9. The van der Waals surface area contributed by atoms with E-state index in [1.54, 1.807) is 0 Å². The standard InChI is InChI=1S/C15H24BrNO/c1-4-5-8-18-15-7-6-13(9-14(15)16)11-17-10-12(2)3/h6-7,9,12,17H,4-5,8,10-11H2,1-3H3. The molecule has 0 aliphatic carbocycles. The third-order valence-electron chi connectivity index (χ3n) is 2.63. The van der Waals surface area contributed by atoms with Crippen molar-refractivity contribution in [3.05, 3.63) is 28.2 Å². The third kappa shape index (κ3) is 5.87. The number of hydrogen-bond donors (Lipinski definition) is 1. The van der Waals surface area contributed by atoms with Crippen molar-refractivity contribution in [3.63, 3.8) is 0 Å². The second kappa shape index (κ2) is 8.54. The van der Waals surface area contributed by atoms with Gasteiger partial charge in [-0.25, -0.2) is 0 Å². The predicted molar refractivity (Wildman–Crippen MR) is 81.1 cm³/mol. The number of hydrogen-bond acceptors (Lipinski definition) is 2. The average molecular weight is 314 g/mol. The number of benzene rings is 1. The minimum Gasteiger partial charge on any atom is -0.492 e. The summed E-state index contributed by atoms with van der Waals surface area (Å²) in [5.41, 5.74) is 1.28. The van der Waals surface area contributed by atoms with Crippen LogP contribution in [0, 0.1) is 5.92 Å². The number of halogens is 1. The minimum atomic E-state index is 0.685. The van der Waals surface area contributed by atoms with Crippen LogP contribution < -0.4 is 10.1 Å². The Balaban J connectivity index is 2.45. The number of ether oxygens (including phenoxy) is 1. The molecule has 0 spiro atoms. The molecule has 0 fully saturated rings. The van der Waals surface area contributed by atoms with E-state index in [-0.39, 0.29) is 0 Å². The molecule has 0 saturated carbocycles. The molecule has 2 nitrogen and oxygen atoms in total. The molecular weight excluding hydrogens is 290 g/mol. The van der Waals surface area contributed by atoms with Gasteiger partial charge in [-0.2, -0.15) is 0 Å². The van der Waals surface area contributed by atoms with Gasteiger partial charge in [0.15, 0.2) is 0 Å². The third-order valence-corrected chi connectivity index (χ3v) is 3.25. The molecule has 1 aromatic carbocycles. The molecule has 0 heterocycles. The molecule has 1 aromatic rings. The highest BCUT2D eigenvalue weighted by Crippen LogP contribution is 2.26. The van der Waals surface area contributed by atoms with Crippen molar-refractivity contribution in [2.75, 3.05) is 13.2 Å². The highest BCUT2D eigenvalue weighted by molar-refractivity contribution is 9.10. The first kappa shape index (κ1) is 15.5. The van der Waals surface area contributed by atoms with Crippen LogP contribution in [0.4, 0.5) is 0 Å². The Labute approximate surface area is 119 Å². The summed E-state index contributed by atoms with van der Waals surface area (Å²) >= 11 is 3.57. The van der Waals surface area contributed by atoms with Crippen molar-refractivity contribution in [1.82, 2.24) is 5.32 Å². The van der Waals surface area contributed by atoms with Gasteiger partial charge in [-0.1, -0.05) is 33.3 Å². The maximum Gasteiger partial charge on any atom is 0.133 e. The summed E-state index contributed by atoms with van der Waals surface area (Å²) in [5.74, 6) is 1.63. The zero-order valence-electron chi connectivity index (χ0n) is 11.6. The van der Waals surface area contributed by atoms with E-state index < -0.39 is 0 Å². The maximum atomic E-state index is 5.71. The lowest BCUT2D eigenvalue weighted by Crippen LogP contribution is -2.18. The van der Waals surface area contributed by atoms with E-state index >= 15 is 0 Å². The second-order valence-corrected chi connectivity index (χ2v) is 5.85. The summed E-state index contributed by atoms with van der Waals surface area (Å²) < 4.78 is 6.75. The fourth-order valence-electron chi connectivity index (χ4n) is 1.60. The molecule has 0 bridgehead atoms. The molecule has 0 unspecified atom stereocenters. The van der Waals surface area contributed by atoms with Gasteiger partial charge < -0.3 is 10.1 Å². The quantitative estimate of drug-likeness (QED) is 0.719. The first-order chi connectivity index (χ1) is 8.63. The fourth-order valence-corrected chi connectivity index (χ4v) is 2.14. The number of rotatable bonds is 8. The van der Waals surface area contributed by atoms with Crippen molar-refractivity contribution in [2.45, 2.75) is 40.2 Å². The molecule has 0 aromatic heterocycles.